The third-order valence-electron chi connectivity index (χ3n) is 5.18. The Kier molecular flexibility index (Phi) is 4.83. The minimum Gasteiger partial charge on any atom is -0.467 e. The maximum Gasteiger partial charge on any atom is 0.232 e. The van der Waals surface area contributed by atoms with Gasteiger partial charge < -0.3 is 14.1 Å². The fourth-order valence-corrected chi connectivity index (χ4v) is 3.93. The van der Waals surface area contributed by atoms with E-state index in [4.69, 9.17) is 9.15 Å². The van der Waals surface area contributed by atoms with Crippen molar-refractivity contribution >= 4 is 5.91 Å². The van der Waals surface area contributed by atoms with Crippen molar-refractivity contribution < 1.29 is 13.9 Å². The van der Waals surface area contributed by atoms with Crippen LogP contribution in [0.5, 0.6) is 0 Å². The summed E-state index contributed by atoms with van der Waals surface area (Å²) in [6.07, 6.45) is 8.57. The number of carbonyl (C=O) groups excluding carboxylic acids is 1. The summed E-state index contributed by atoms with van der Waals surface area (Å²) in [5.74, 6) is 0.802. The standard InChI is InChI=1S/C20H24N2O3/c23-20(18-9-1-5-15-6-2-10-21-19(15)18)22(13-16-7-3-11-24-16)14-17-8-4-12-25-17/h2-3,6-7,10-11,17-18H,1,4-5,8-9,12-14H2. The van der Waals surface area contributed by atoms with Gasteiger partial charge in [-0.1, -0.05) is 6.07 Å². The van der Waals surface area contributed by atoms with Crippen LogP contribution in [0.25, 0.3) is 0 Å². The van der Waals surface area contributed by atoms with Crippen LogP contribution in [0.2, 0.25) is 0 Å². The first-order valence-corrected chi connectivity index (χ1v) is 9.18. The van der Waals surface area contributed by atoms with Gasteiger partial charge in [0.15, 0.2) is 0 Å². The smallest absolute Gasteiger partial charge is 0.232 e. The van der Waals surface area contributed by atoms with Crippen molar-refractivity contribution in [2.45, 2.75) is 50.7 Å². The molecule has 1 aliphatic heterocycles. The molecule has 0 radical (unpaired) electrons. The second-order valence-corrected chi connectivity index (χ2v) is 6.93. The number of amides is 1. The quantitative estimate of drug-likeness (QED) is 0.838. The van der Waals surface area contributed by atoms with Crippen LogP contribution in [0.1, 0.15) is 48.6 Å². The number of hydrogen-bond donors (Lipinski definition) is 0. The Morgan fingerprint density at radius 1 is 1.24 bits per heavy atom. The molecule has 25 heavy (non-hydrogen) atoms. The maximum absolute atomic E-state index is 13.4. The van der Waals surface area contributed by atoms with E-state index >= 15 is 0 Å². The number of aromatic nitrogens is 1. The third-order valence-corrected chi connectivity index (χ3v) is 5.18. The average Bonchev–Trinajstić information content (AvgIpc) is 3.34. The van der Waals surface area contributed by atoms with Crippen LogP contribution >= 0.6 is 0 Å². The van der Waals surface area contributed by atoms with Gasteiger partial charge in [0.05, 0.1) is 30.5 Å². The molecule has 0 saturated carbocycles. The van der Waals surface area contributed by atoms with Crippen LogP contribution in [0.4, 0.5) is 0 Å². The van der Waals surface area contributed by atoms with Gasteiger partial charge in [-0.2, -0.15) is 0 Å². The van der Waals surface area contributed by atoms with E-state index in [0.29, 0.717) is 13.1 Å². The lowest BCUT2D eigenvalue weighted by atomic mass is 9.85. The molecule has 2 aromatic rings. The van der Waals surface area contributed by atoms with Gasteiger partial charge in [0.1, 0.15) is 5.76 Å². The fourth-order valence-electron chi connectivity index (χ4n) is 3.93. The molecule has 5 heteroatoms. The summed E-state index contributed by atoms with van der Waals surface area (Å²) in [6, 6.07) is 7.84. The van der Waals surface area contributed by atoms with E-state index < -0.39 is 0 Å². The molecule has 0 aromatic carbocycles. The Balaban J connectivity index is 1.56. The van der Waals surface area contributed by atoms with Crippen molar-refractivity contribution in [3.63, 3.8) is 0 Å². The summed E-state index contributed by atoms with van der Waals surface area (Å²) in [7, 11) is 0. The zero-order chi connectivity index (χ0) is 17.1. The van der Waals surface area contributed by atoms with Crippen LogP contribution in [0, 0.1) is 0 Å². The average molecular weight is 340 g/mol. The van der Waals surface area contributed by atoms with Gasteiger partial charge in [-0.15, -0.1) is 0 Å². The van der Waals surface area contributed by atoms with Crippen molar-refractivity contribution in [2.24, 2.45) is 0 Å². The Morgan fingerprint density at radius 3 is 3.00 bits per heavy atom. The van der Waals surface area contributed by atoms with E-state index in [2.05, 4.69) is 11.1 Å². The molecule has 1 saturated heterocycles. The van der Waals surface area contributed by atoms with Gasteiger partial charge in [-0.25, -0.2) is 0 Å². The van der Waals surface area contributed by atoms with E-state index in [1.54, 1.807) is 12.5 Å². The molecule has 1 amide bonds. The highest BCUT2D eigenvalue weighted by molar-refractivity contribution is 5.84. The van der Waals surface area contributed by atoms with Gasteiger partial charge in [0.25, 0.3) is 0 Å². The molecule has 2 atom stereocenters. The van der Waals surface area contributed by atoms with Crippen LogP contribution in [-0.4, -0.2) is 35.0 Å². The third kappa shape index (κ3) is 3.61. The molecular formula is C20H24N2O3. The normalized spacial score (nSPS) is 22.6. The van der Waals surface area contributed by atoms with Crippen molar-refractivity contribution in [1.82, 2.24) is 9.88 Å². The number of furan rings is 1. The van der Waals surface area contributed by atoms with E-state index in [0.717, 1.165) is 50.2 Å². The van der Waals surface area contributed by atoms with E-state index in [1.165, 1.54) is 5.56 Å². The number of pyridine rings is 1. The molecule has 1 aliphatic carbocycles. The van der Waals surface area contributed by atoms with E-state index in [1.807, 2.05) is 23.1 Å². The predicted octanol–water partition coefficient (Wildman–Crippen LogP) is 3.30. The molecule has 2 aromatic heterocycles. The van der Waals surface area contributed by atoms with Crippen molar-refractivity contribution in [2.75, 3.05) is 13.2 Å². The minimum atomic E-state index is -0.152. The molecule has 4 rings (SSSR count). The number of ether oxygens (including phenoxy) is 1. The highest BCUT2D eigenvalue weighted by Gasteiger charge is 2.33. The van der Waals surface area contributed by atoms with Crippen LogP contribution < -0.4 is 0 Å². The molecule has 3 heterocycles. The lowest BCUT2D eigenvalue weighted by Crippen LogP contribution is -2.40. The first kappa shape index (κ1) is 16.3. The number of fused-ring (bicyclic) bond motifs is 1. The molecule has 0 bridgehead atoms. The van der Waals surface area contributed by atoms with Gasteiger partial charge in [-0.05, 0) is 55.9 Å². The summed E-state index contributed by atoms with van der Waals surface area (Å²) < 4.78 is 11.3. The topological polar surface area (TPSA) is 55.6 Å². The summed E-state index contributed by atoms with van der Waals surface area (Å²) in [5.41, 5.74) is 2.16. The predicted molar refractivity (Wildman–Crippen MR) is 93.0 cm³/mol. The van der Waals surface area contributed by atoms with Crippen molar-refractivity contribution in [1.29, 1.82) is 0 Å². The summed E-state index contributed by atoms with van der Waals surface area (Å²) in [5, 5.41) is 0. The SMILES string of the molecule is O=C(C1CCCc2cccnc21)N(Cc1ccco1)CC1CCCO1. The number of nitrogens with zero attached hydrogens (tertiary/aromatic N) is 2. The lowest BCUT2D eigenvalue weighted by Gasteiger charge is -2.31. The number of carbonyl (C=O) groups is 1. The second-order valence-electron chi connectivity index (χ2n) is 6.93. The molecule has 5 nitrogen and oxygen atoms in total. The Hall–Kier alpha value is -2.14. The van der Waals surface area contributed by atoms with E-state index in [-0.39, 0.29) is 17.9 Å². The molecule has 2 aliphatic rings. The minimum absolute atomic E-state index is 0.130. The Bertz CT molecular complexity index is 707. The molecular weight excluding hydrogens is 316 g/mol. The van der Waals surface area contributed by atoms with E-state index in [9.17, 15) is 4.79 Å². The first-order chi connectivity index (χ1) is 12.3. The maximum atomic E-state index is 13.4. The zero-order valence-electron chi connectivity index (χ0n) is 14.4. The monoisotopic (exact) mass is 340 g/mol. The number of hydrogen-bond acceptors (Lipinski definition) is 4. The lowest BCUT2D eigenvalue weighted by molar-refractivity contribution is -0.135. The first-order valence-electron chi connectivity index (χ1n) is 9.18. The largest absolute Gasteiger partial charge is 0.467 e. The fraction of sp³-hybridized carbons (Fsp3) is 0.500. The molecule has 0 N–H and O–H groups in total. The van der Waals surface area contributed by atoms with Gasteiger partial charge in [0, 0.05) is 19.3 Å². The number of rotatable bonds is 5. The molecule has 132 valence electrons. The summed E-state index contributed by atoms with van der Waals surface area (Å²) in [6.45, 7) is 1.91. The van der Waals surface area contributed by atoms with Crippen LogP contribution in [0.3, 0.4) is 0 Å². The number of aryl methyl sites for hydroxylation is 1. The highest BCUT2D eigenvalue weighted by atomic mass is 16.5. The van der Waals surface area contributed by atoms with Gasteiger partial charge in [0.2, 0.25) is 5.91 Å². The van der Waals surface area contributed by atoms with Crippen LogP contribution in [-0.2, 0) is 22.5 Å². The van der Waals surface area contributed by atoms with Crippen LogP contribution in [0.15, 0.2) is 41.1 Å². The van der Waals surface area contributed by atoms with Crippen molar-refractivity contribution in [3.8, 4) is 0 Å². The molecule has 2 unspecified atom stereocenters. The van der Waals surface area contributed by atoms with Crippen molar-refractivity contribution in [3.05, 3.63) is 53.7 Å². The highest BCUT2D eigenvalue weighted by Crippen LogP contribution is 2.32. The van der Waals surface area contributed by atoms with Gasteiger partial charge in [-0.3, -0.25) is 9.78 Å². The summed E-state index contributed by atoms with van der Waals surface area (Å²) in [4.78, 5) is 19.8. The van der Waals surface area contributed by atoms with Gasteiger partial charge >= 0.3 is 0 Å². The summed E-state index contributed by atoms with van der Waals surface area (Å²) >= 11 is 0. The zero-order valence-corrected chi connectivity index (χ0v) is 14.4. The Morgan fingerprint density at radius 2 is 2.20 bits per heavy atom. The Labute approximate surface area is 148 Å². The second kappa shape index (κ2) is 7.40. The molecule has 0 spiro atoms. The molecule has 1 fully saturated rings.